The molecule has 0 spiro atoms. The van der Waals surface area contributed by atoms with Gasteiger partial charge in [0, 0.05) is 36.8 Å². The highest BCUT2D eigenvalue weighted by Crippen LogP contribution is 2.35. The minimum absolute atomic E-state index is 0.273. The van der Waals surface area contributed by atoms with Gasteiger partial charge < -0.3 is 24.6 Å². The van der Waals surface area contributed by atoms with Gasteiger partial charge in [-0.15, -0.1) is 0 Å². The third-order valence-corrected chi connectivity index (χ3v) is 5.24. The van der Waals surface area contributed by atoms with E-state index in [0.717, 1.165) is 5.56 Å². The average molecular weight is 391 g/mol. The Morgan fingerprint density at radius 2 is 1.82 bits per heavy atom. The van der Waals surface area contributed by atoms with Gasteiger partial charge in [-0.25, -0.2) is 4.39 Å². The van der Waals surface area contributed by atoms with E-state index in [4.69, 9.17) is 14.2 Å². The summed E-state index contributed by atoms with van der Waals surface area (Å²) in [5.41, 5.74) is 0.499. The summed E-state index contributed by atoms with van der Waals surface area (Å²) in [7, 11) is 4.77. The minimum Gasteiger partial charge on any atom is -0.497 e. The molecule has 0 aliphatic heterocycles. The zero-order valence-corrected chi connectivity index (χ0v) is 17.2. The van der Waals surface area contributed by atoms with E-state index >= 15 is 0 Å². The van der Waals surface area contributed by atoms with Crippen LogP contribution < -0.4 is 14.8 Å². The number of hydrogen-bond donors (Lipinski definition) is 2. The van der Waals surface area contributed by atoms with Crippen molar-refractivity contribution in [2.24, 2.45) is 5.92 Å². The molecule has 0 bridgehead atoms. The van der Waals surface area contributed by atoms with E-state index in [9.17, 15) is 9.50 Å². The first kappa shape index (κ1) is 22.1. The Balaban J connectivity index is 2.42. The van der Waals surface area contributed by atoms with Crippen LogP contribution in [0.1, 0.15) is 25.0 Å². The number of hydrogen-bond acceptors (Lipinski definition) is 5. The highest BCUT2D eigenvalue weighted by atomic mass is 19.1. The Morgan fingerprint density at radius 1 is 1.11 bits per heavy atom. The van der Waals surface area contributed by atoms with Gasteiger partial charge in [-0.1, -0.05) is 24.3 Å². The lowest BCUT2D eigenvalue weighted by Gasteiger charge is -2.41. The van der Waals surface area contributed by atoms with Gasteiger partial charge in [0.1, 0.15) is 17.3 Å². The van der Waals surface area contributed by atoms with E-state index in [1.54, 1.807) is 52.5 Å². The Hall–Kier alpha value is -2.15. The van der Waals surface area contributed by atoms with Crippen LogP contribution >= 0.6 is 0 Å². The normalized spacial score (nSPS) is 15.5. The number of benzene rings is 2. The molecule has 0 amide bonds. The highest BCUT2D eigenvalue weighted by molar-refractivity contribution is 5.41. The lowest BCUT2D eigenvalue weighted by molar-refractivity contribution is 0.00320. The summed E-state index contributed by atoms with van der Waals surface area (Å²) >= 11 is 0. The third-order valence-electron chi connectivity index (χ3n) is 5.24. The van der Waals surface area contributed by atoms with Gasteiger partial charge in [0.2, 0.25) is 0 Å². The number of aliphatic hydroxyl groups is 1. The van der Waals surface area contributed by atoms with Crippen LogP contribution in [0.15, 0.2) is 42.5 Å². The fourth-order valence-corrected chi connectivity index (χ4v) is 3.55. The monoisotopic (exact) mass is 391 g/mol. The molecule has 0 saturated carbocycles. The van der Waals surface area contributed by atoms with Crippen LogP contribution in [0.3, 0.4) is 0 Å². The molecule has 2 aromatic rings. The second-order valence-corrected chi connectivity index (χ2v) is 7.02. The van der Waals surface area contributed by atoms with Crippen LogP contribution in [0.2, 0.25) is 0 Å². The molecule has 5 nitrogen and oxygen atoms in total. The second kappa shape index (κ2) is 9.87. The molecular weight excluding hydrogens is 361 g/mol. The van der Waals surface area contributed by atoms with Gasteiger partial charge in [-0.2, -0.15) is 0 Å². The molecule has 0 fully saturated rings. The van der Waals surface area contributed by atoms with Gasteiger partial charge in [0.25, 0.3) is 0 Å². The number of aliphatic hydroxyl groups excluding tert-OH is 1. The van der Waals surface area contributed by atoms with Crippen molar-refractivity contribution in [3.63, 3.8) is 0 Å². The van der Waals surface area contributed by atoms with Crippen molar-refractivity contribution < 1.29 is 23.7 Å². The van der Waals surface area contributed by atoms with Gasteiger partial charge >= 0.3 is 0 Å². The zero-order chi connectivity index (χ0) is 20.7. The summed E-state index contributed by atoms with van der Waals surface area (Å²) < 4.78 is 30.8. The molecule has 0 unspecified atom stereocenters. The largest absolute Gasteiger partial charge is 0.497 e. The van der Waals surface area contributed by atoms with E-state index < -0.39 is 11.6 Å². The quantitative estimate of drug-likeness (QED) is 0.649. The topological polar surface area (TPSA) is 60.0 Å². The molecule has 0 heterocycles. The van der Waals surface area contributed by atoms with Crippen molar-refractivity contribution in [1.82, 2.24) is 5.32 Å². The van der Waals surface area contributed by atoms with E-state index in [0.29, 0.717) is 23.6 Å². The smallest absolute Gasteiger partial charge is 0.128 e. The van der Waals surface area contributed by atoms with Crippen LogP contribution in [0, 0.1) is 11.7 Å². The average Bonchev–Trinajstić information content (AvgIpc) is 2.70. The van der Waals surface area contributed by atoms with E-state index in [-0.39, 0.29) is 18.3 Å². The fourth-order valence-electron chi connectivity index (χ4n) is 3.55. The van der Waals surface area contributed by atoms with Crippen LogP contribution in [-0.2, 0) is 16.8 Å². The van der Waals surface area contributed by atoms with Gasteiger partial charge in [0.05, 0.1) is 32.5 Å². The molecule has 2 aromatic carbocycles. The van der Waals surface area contributed by atoms with Crippen LogP contribution in [-0.4, -0.2) is 39.1 Å². The Bertz CT molecular complexity index is 768. The first-order valence-electron chi connectivity index (χ1n) is 9.25. The Kier molecular flexibility index (Phi) is 7.80. The molecule has 154 valence electrons. The van der Waals surface area contributed by atoms with Crippen LogP contribution in [0.5, 0.6) is 11.5 Å². The molecule has 0 aromatic heterocycles. The van der Waals surface area contributed by atoms with Gasteiger partial charge in [-0.05, 0) is 26.0 Å². The van der Waals surface area contributed by atoms with Gasteiger partial charge in [-0.3, -0.25) is 0 Å². The Labute approximate surface area is 166 Å². The molecule has 6 heteroatoms. The molecule has 0 saturated heterocycles. The van der Waals surface area contributed by atoms with Crippen molar-refractivity contribution >= 4 is 0 Å². The first-order chi connectivity index (χ1) is 13.4. The standard InChI is InChI=1S/C22H30FNO4/c1-15(25)19(14-26-3)22(2,18-8-6-7-9-20(18)23)24-13-16-10-11-17(27-4)12-21(16)28-5/h6-12,15,19,24-25H,13-14H2,1-5H3/t15-,19+,22-/m1/s1. The highest BCUT2D eigenvalue weighted by Gasteiger charge is 2.40. The molecule has 0 aliphatic rings. The molecule has 28 heavy (non-hydrogen) atoms. The number of halogens is 1. The second-order valence-electron chi connectivity index (χ2n) is 7.02. The summed E-state index contributed by atoms with van der Waals surface area (Å²) in [6, 6.07) is 12.2. The van der Waals surface area contributed by atoms with Crippen LogP contribution in [0.25, 0.3) is 0 Å². The molecule has 0 aliphatic carbocycles. The molecule has 2 N–H and O–H groups in total. The maximum absolute atomic E-state index is 14.7. The van der Waals surface area contributed by atoms with Gasteiger partial charge in [0.15, 0.2) is 0 Å². The number of rotatable bonds is 10. The maximum atomic E-state index is 14.7. The lowest BCUT2D eigenvalue weighted by atomic mass is 9.76. The SMILES string of the molecule is COC[C@@H]([C@@H](C)O)[C@](C)(NCc1ccc(OC)cc1OC)c1ccccc1F. The molecule has 2 rings (SSSR count). The van der Waals surface area contributed by atoms with E-state index in [1.807, 2.05) is 19.1 Å². The van der Waals surface area contributed by atoms with E-state index in [2.05, 4.69) is 5.32 Å². The summed E-state index contributed by atoms with van der Waals surface area (Å²) in [6.07, 6.45) is -0.713. The lowest BCUT2D eigenvalue weighted by Crippen LogP contribution is -2.51. The molecule has 0 radical (unpaired) electrons. The summed E-state index contributed by atoms with van der Waals surface area (Å²) in [6.45, 7) is 4.26. The van der Waals surface area contributed by atoms with Crippen molar-refractivity contribution in [3.05, 3.63) is 59.4 Å². The van der Waals surface area contributed by atoms with Crippen LogP contribution in [0.4, 0.5) is 4.39 Å². The van der Waals surface area contributed by atoms with Crippen molar-refractivity contribution in [2.45, 2.75) is 32.0 Å². The van der Waals surface area contributed by atoms with Crippen molar-refractivity contribution in [1.29, 1.82) is 0 Å². The maximum Gasteiger partial charge on any atom is 0.128 e. The van der Waals surface area contributed by atoms with Crippen molar-refractivity contribution in [3.8, 4) is 11.5 Å². The van der Waals surface area contributed by atoms with E-state index in [1.165, 1.54) is 6.07 Å². The summed E-state index contributed by atoms with van der Waals surface area (Å²) in [5.74, 6) is 0.654. The summed E-state index contributed by atoms with van der Waals surface area (Å²) in [5, 5.41) is 13.9. The number of nitrogens with one attached hydrogen (secondary N) is 1. The third kappa shape index (κ3) is 4.82. The zero-order valence-electron chi connectivity index (χ0n) is 17.2. The first-order valence-corrected chi connectivity index (χ1v) is 9.25. The molecule has 3 atom stereocenters. The number of ether oxygens (including phenoxy) is 3. The fraction of sp³-hybridized carbons (Fsp3) is 0.455. The predicted octanol–water partition coefficient (Wildman–Crippen LogP) is 3.49. The Morgan fingerprint density at radius 3 is 2.39 bits per heavy atom. The predicted molar refractivity (Wildman–Crippen MR) is 107 cm³/mol. The minimum atomic E-state index is -0.875. The van der Waals surface area contributed by atoms with Crippen molar-refractivity contribution in [2.75, 3.05) is 27.9 Å². The molecular formula is C22H30FNO4. The summed E-state index contributed by atoms with van der Waals surface area (Å²) in [4.78, 5) is 0. The number of methoxy groups -OCH3 is 3.